The largest absolute Gasteiger partial charge is 0.389 e. The van der Waals surface area contributed by atoms with E-state index >= 15 is 0 Å². The zero-order valence-corrected chi connectivity index (χ0v) is 9.25. The van der Waals surface area contributed by atoms with Crippen LogP contribution in [0.5, 0.6) is 0 Å². The number of H-pyrrole nitrogens is 1. The molecule has 0 aliphatic carbocycles. The summed E-state index contributed by atoms with van der Waals surface area (Å²) in [6.45, 7) is 0.558. The lowest BCUT2D eigenvalue weighted by atomic mass is 10.4. The molecule has 2 aromatic heterocycles. The van der Waals surface area contributed by atoms with Gasteiger partial charge < -0.3 is 15.2 Å². The monoisotopic (exact) mass is 239 g/mol. The molecule has 1 atom stereocenters. The van der Waals surface area contributed by atoms with Crippen molar-refractivity contribution in [3.8, 4) is 0 Å². The van der Waals surface area contributed by atoms with Crippen molar-refractivity contribution in [1.29, 1.82) is 0 Å². The fourth-order valence-corrected chi connectivity index (χ4v) is 1.38. The number of methoxy groups -OCH3 is 1. The number of aliphatic hydroxyl groups excluding tert-OH is 1. The first kappa shape index (κ1) is 11.6. The Morgan fingerprint density at radius 2 is 2.53 bits per heavy atom. The molecule has 8 nitrogen and oxygen atoms in total. The maximum atomic E-state index is 11.2. The highest BCUT2D eigenvalue weighted by atomic mass is 16.5. The van der Waals surface area contributed by atoms with Gasteiger partial charge in [-0.05, 0) is 0 Å². The molecular formula is C9H13N5O3. The summed E-state index contributed by atoms with van der Waals surface area (Å²) >= 11 is 0. The van der Waals surface area contributed by atoms with E-state index in [0.717, 1.165) is 0 Å². The molecule has 0 radical (unpaired) electrons. The Labute approximate surface area is 96.3 Å². The van der Waals surface area contributed by atoms with E-state index in [1.807, 2.05) is 0 Å². The van der Waals surface area contributed by atoms with E-state index in [-0.39, 0.29) is 12.3 Å². The minimum absolute atomic E-state index is 0.247. The van der Waals surface area contributed by atoms with E-state index in [1.54, 1.807) is 6.07 Å². The number of aromatic amines is 1. The first-order valence-electron chi connectivity index (χ1n) is 5.04. The standard InChI is InChI=1S/C9H13N5O3/c1-17-4-6(15)3-10-7-2-8-12-13-9(16)14(8)5-11-7/h2,5-6,10,15H,3-4H2,1H3,(H,13,16). The molecular weight excluding hydrogens is 226 g/mol. The van der Waals surface area contributed by atoms with Crippen LogP contribution in [-0.2, 0) is 4.74 Å². The van der Waals surface area contributed by atoms with Crippen molar-refractivity contribution < 1.29 is 9.84 Å². The van der Waals surface area contributed by atoms with Gasteiger partial charge in [0.05, 0.1) is 12.7 Å². The van der Waals surface area contributed by atoms with Crippen molar-refractivity contribution in [2.75, 3.05) is 25.6 Å². The number of rotatable bonds is 5. The van der Waals surface area contributed by atoms with E-state index in [4.69, 9.17) is 4.74 Å². The van der Waals surface area contributed by atoms with Gasteiger partial charge in [-0.3, -0.25) is 0 Å². The Morgan fingerprint density at radius 3 is 3.29 bits per heavy atom. The molecule has 2 aromatic rings. The van der Waals surface area contributed by atoms with Gasteiger partial charge in [0.15, 0.2) is 5.65 Å². The highest BCUT2D eigenvalue weighted by Crippen LogP contribution is 2.04. The Hall–Kier alpha value is -1.93. The number of hydrogen-bond acceptors (Lipinski definition) is 6. The summed E-state index contributed by atoms with van der Waals surface area (Å²) in [7, 11) is 1.52. The van der Waals surface area contributed by atoms with Gasteiger partial charge in [-0.15, -0.1) is 0 Å². The summed E-state index contributed by atoms with van der Waals surface area (Å²) in [5.74, 6) is 0.534. The third-order valence-electron chi connectivity index (χ3n) is 2.19. The molecule has 0 amide bonds. The van der Waals surface area contributed by atoms with Crippen molar-refractivity contribution in [1.82, 2.24) is 19.6 Å². The van der Waals surface area contributed by atoms with Gasteiger partial charge in [0, 0.05) is 19.7 Å². The average molecular weight is 239 g/mol. The van der Waals surface area contributed by atoms with Crippen LogP contribution in [-0.4, -0.2) is 51.1 Å². The fourth-order valence-electron chi connectivity index (χ4n) is 1.38. The molecule has 0 saturated heterocycles. The van der Waals surface area contributed by atoms with Gasteiger partial charge >= 0.3 is 5.69 Å². The lowest BCUT2D eigenvalue weighted by Crippen LogP contribution is -2.24. The van der Waals surface area contributed by atoms with Crippen LogP contribution in [0.25, 0.3) is 5.65 Å². The molecule has 0 fully saturated rings. The predicted molar refractivity (Wildman–Crippen MR) is 60.0 cm³/mol. The summed E-state index contributed by atoms with van der Waals surface area (Å²) in [4.78, 5) is 15.2. The summed E-state index contributed by atoms with van der Waals surface area (Å²) < 4.78 is 6.08. The molecule has 0 saturated carbocycles. The van der Waals surface area contributed by atoms with Crippen molar-refractivity contribution in [2.24, 2.45) is 0 Å². The summed E-state index contributed by atoms with van der Waals surface area (Å²) in [6, 6.07) is 1.61. The number of fused-ring (bicyclic) bond motifs is 1. The number of nitrogens with zero attached hydrogens (tertiary/aromatic N) is 3. The van der Waals surface area contributed by atoms with E-state index in [9.17, 15) is 9.90 Å². The molecule has 2 rings (SSSR count). The van der Waals surface area contributed by atoms with E-state index in [2.05, 4.69) is 20.5 Å². The Bertz CT molecular complexity index is 549. The lowest BCUT2D eigenvalue weighted by molar-refractivity contribution is 0.0727. The van der Waals surface area contributed by atoms with Crippen LogP contribution in [0, 0.1) is 0 Å². The molecule has 0 aliphatic rings. The number of aromatic nitrogens is 4. The topological polar surface area (TPSA) is 105 Å². The van der Waals surface area contributed by atoms with Crippen LogP contribution in [0.15, 0.2) is 17.2 Å². The minimum atomic E-state index is -0.612. The third kappa shape index (κ3) is 2.60. The first-order valence-corrected chi connectivity index (χ1v) is 5.04. The zero-order chi connectivity index (χ0) is 12.3. The first-order chi connectivity index (χ1) is 8.20. The molecule has 92 valence electrons. The molecule has 0 aliphatic heterocycles. The van der Waals surface area contributed by atoms with Gasteiger partial charge in [-0.1, -0.05) is 0 Å². The van der Waals surface area contributed by atoms with Crippen LogP contribution in [0.2, 0.25) is 0 Å². The second kappa shape index (κ2) is 4.93. The maximum absolute atomic E-state index is 11.2. The van der Waals surface area contributed by atoms with Gasteiger partial charge in [0.25, 0.3) is 0 Å². The second-order valence-electron chi connectivity index (χ2n) is 3.52. The molecule has 3 N–H and O–H groups in total. The van der Waals surface area contributed by atoms with Crippen molar-refractivity contribution in [3.63, 3.8) is 0 Å². The van der Waals surface area contributed by atoms with Crippen LogP contribution in [0.3, 0.4) is 0 Å². The zero-order valence-electron chi connectivity index (χ0n) is 9.25. The van der Waals surface area contributed by atoms with E-state index in [0.29, 0.717) is 18.0 Å². The Balaban J connectivity index is 2.07. The number of ether oxygens (including phenoxy) is 1. The lowest BCUT2D eigenvalue weighted by Gasteiger charge is -2.10. The van der Waals surface area contributed by atoms with E-state index in [1.165, 1.54) is 17.8 Å². The third-order valence-corrected chi connectivity index (χ3v) is 2.19. The summed E-state index contributed by atoms with van der Waals surface area (Å²) in [5.41, 5.74) is 0.132. The second-order valence-corrected chi connectivity index (χ2v) is 3.52. The molecule has 2 heterocycles. The molecule has 1 unspecified atom stereocenters. The fraction of sp³-hybridized carbons (Fsp3) is 0.444. The van der Waals surface area contributed by atoms with Crippen LogP contribution >= 0.6 is 0 Å². The van der Waals surface area contributed by atoms with Crippen molar-refractivity contribution >= 4 is 11.5 Å². The summed E-state index contributed by atoms with van der Waals surface area (Å²) in [5, 5.41) is 18.5. The SMILES string of the molecule is COCC(O)CNc1cc2n[nH]c(=O)n2cn1. The van der Waals surface area contributed by atoms with Gasteiger partial charge in [-0.2, -0.15) is 5.10 Å². The molecule has 17 heavy (non-hydrogen) atoms. The maximum Gasteiger partial charge on any atom is 0.348 e. The average Bonchev–Trinajstić information content (AvgIpc) is 2.69. The Kier molecular flexibility index (Phi) is 3.35. The number of anilines is 1. The van der Waals surface area contributed by atoms with Crippen LogP contribution in [0.4, 0.5) is 5.82 Å². The quantitative estimate of drug-likeness (QED) is 0.607. The molecule has 0 bridgehead atoms. The number of nitrogens with one attached hydrogen (secondary N) is 2. The van der Waals surface area contributed by atoms with Crippen molar-refractivity contribution in [3.05, 3.63) is 22.9 Å². The number of aliphatic hydroxyl groups is 1. The van der Waals surface area contributed by atoms with E-state index < -0.39 is 6.10 Å². The van der Waals surface area contributed by atoms with Gasteiger partial charge in [-0.25, -0.2) is 19.3 Å². The summed E-state index contributed by atoms with van der Waals surface area (Å²) in [6.07, 6.45) is 0.756. The highest BCUT2D eigenvalue weighted by Gasteiger charge is 2.05. The molecule has 0 spiro atoms. The highest BCUT2D eigenvalue weighted by molar-refractivity contribution is 5.48. The van der Waals surface area contributed by atoms with Crippen molar-refractivity contribution in [2.45, 2.75) is 6.10 Å². The smallest absolute Gasteiger partial charge is 0.348 e. The minimum Gasteiger partial charge on any atom is -0.389 e. The Morgan fingerprint density at radius 1 is 1.71 bits per heavy atom. The van der Waals surface area contributed by atoms with Gasteiger partial charge in [0.2, 0.25) is 0 Å². The molecule has 0 aromatic carbocycles. The van der Waals surface area contributed by atoms with Gasteiger partial charge in [0.1, 0.15) is 12.1 Å². The van der Waals surface area contributed by atoms with Crippen LogP contribution in [0.1, 0.15) is 0 Å². The molecule has 8 heteroatoms. The predicted octanol–water partition coefficient (Wildman–Crippen LogP) is -1.16. The number of hydrogen-bond donors (Lipinski definition) is 3. The van der Waals surface area contributed by atoms with Crippen LogP contribution < -0.4 is 11.0 Å². The normalized spacial score (nSPS) is 12.8.